The zero-order valence-corrected chi connectivity index (χ0v) is 13.9. The minimum absolute atomic E-state index is 0.00428. The Labute approximate surface area is 138 Å². The third-order valence-electron chi connectivity index (χ3n) is 4.42. The van der Waals surface area contributed by atoms with Gasteiger partial charge in [-0.15, -0.1) is 11.3 Å². The summed E-state index contributed by atoms with van der Waals surface area (Å²) in [6, 6.07) is 8.43. The number of nitrogens with one attached hydrogen (secondary N) is 1. The molecule has 0 atom stereocenters. The molecule has 23 heavy (non-hydrogen) atoms. The van der Waals surface area contributed by atoms with Crippen molar-refractivity contribution in [3.63, 3.8) is 0 Å². The van der Waals surface area contributed by atoms with Crippen molar-refractivity contribution < 1.29 is 0 Å². The summed E-state index contributed by atoms with van der Waals surface area (Å²) in [7, 11) is 0. The molecule has 116 valence electrons. The van der Waals surface area contributed by atoms with Crippen LogP contribution in [-0.2, 0) is 19.3 Å². The number of H-pyrrole nitrogens is 1. The third-order valence-corrected chi connectivity index (χ3v) is 5.60. The smallest absolute Gasteiger partial charge is 0.260 e. The van der Waals surface area contributed by atoms with E-state index in [-0.39, 0.29) is 5.56 Å². The first-order chi connectivity index (χ1) is 11.2. The maximum absolute atomic E-state index is 12.4. The lowest BCUT2D eigenvalue weighted by Crippen LogP contribution is -2.09. The van der Waals surface area contributed by atoms with Crippen LogP contribution >= 0.6 is 11.3 Å². The maximum Gasteiger partial charge on any atom is 0.260 e. The van der Waals surface area contributed by atoms with Crippen molar-refractivity contribution in [2.24, 2.45) is 0 Å². The van der Waals surface area contributed by atoms with Crippen LogP contribution in [0.15, 0.2) is 29.1 Å². The van der Waals surface area contributed by atoms with Gasteiger partial charge in [0.15, 0.2) is 0 Å². The Morgan fingerprint density at radius 2 is 2.04 bits per heavy atom. The first-order valence-corrected chi connectivity index (χ1v) is 8.88. The fourth-order valence-electron chi connectivity index (χ4n) is 3.14. The van der Waals surface area contributed by atoms with Gasteiger partial charge in [-0.05, 0) is 48.4 Å². The van der Waals surface area contributed by atoms with E-state index in [2.05, 4.69) is 41.2 Å². The predicted molar refractivity (Wildman–Crippen MR) is 97.0 cm³/mol. The number of benzene rings is 1. The first kappa shape index (κ1) is 14.4. The summed E-state index contributed by atoms with van der Waals surface area (Å²) in [5.41, 5.74) is 3.65. The van der Waals surface area contributed by atoms with E-state index < -0.39 is 0 Å². The SMILES string of the molecule is CCc1ccc(/C=C/c2nc3sc4c(c3c(=O)[nH]2)CCC4)cc1. The molecule has 0 unspecified atom stereocenters. The van der Waals surface area contributed by atoms with Gasteiger partial charge in [-0.25, -0.2) is 4.98 Å². The van der Waals surface area contributed by atoms with E-state index in [4.69, 9.17) is 0 Å². The molecule has 0 spiro atoms. The van der Waals surface area contributed by atoms with Crippen molar-refractivity contribution in [1.29, 1.82) is 0 Å². The molecule has 1 aromatic carbocycles. The normalized spacial score (nSPS) is 14.0. The summed E-state index contributed by atoms with van der Waals surface area (Å²) in [6.45, 7) is 2.15. The number of thiophene rings is 1. The number of hydrogen-bond acceptors (Lipinski definition) is 3. The zero-order chi connectivity index (χ0) is 15.8. The average molecular weight is 322 g/mol. The Bertz CT molecular complexity index is 948. The Morgan fingerprint density at radius 1 is 1.22 bits per heavy atom. The van der Waals surface area contributed by atoms with Gasteiger partial charge in [0.2, 0.25) is 0 Å². The molecule has 1 aliphatic rings. The first-order valence-electron chi connectivity index (χ1n) is 8.06. The van der Waals surface area contributed by atoms with Crippen molar-refractivity contribution in [2.75, 3.05) is 0 Å². The molecule has 3 aromatic rings. The standard InChI is InChI=1S/C19H18N2OS/c1-2-12-6-8-13(9-7-12)10-11-16-20-18(22)17-14-4-3-5-15(14)23-19(17)21-16/h6-11H,2-5H2,1H3,(H,20,21,22)/b11-10+. The number of nitrogens with zero attached hydrogens (tertiary/aromatic N) is 1. The molecular formula is C19H18N2OS. The number of rotatable bonds is 3. The summed E-state index contributed by atoms with van der Waals surface area (Å²) >= 11 is 1.68. The van der Waals surface area contributed by atoms with Gasteiger partial charge in [0.25, 0.3) is 5.56 Å². The molecule has 1 N–H and O–H groups in total. The molecule has 2 aromatic heterocycles. The van der Waals surface area contributed by atoms with E-state index in [9.17, 15) is 4.79 Å². The Hall–Kier alpha value is -2.20. The fourth-order valence-corrected chi connectivity index (χ4v) is 4.41. The number of aromatic amines is 1. The van der Waals surface area contributed by atoms with Gasteiger partial charge in [-0.2, -0.15) is 0 Å². The van der Waals surface area contributed by atoms with E-state index in [1.807, 2.05) is 12.2 Å². The lowest BCUT2D eigenvalue weighted by molar-refractivity contribution is 0.916. The molecule has 0 aliphatic heterocycles. The molecule has 4 rings (SSSR count). The highest BCUT2D eigenvalue weighted by Gasteiger charge is 2.20. The van der Waals surface area contributed by atoms with E-state index in [1.165, 1.54) is 16.0 Å². The van der Waals surface area contributed by atoms with E-state index >= 15 is 0 Å². The lowest BCUT2D eigenvalue weighted by Gasteiger charge is -1.98. The Kier molecular flexibility index (Phi) is 3.62. The highest BCUT2D eigenvalue weighted by atomic mass is 32.1. The molecule has 0 saturated carbocycles. The van der Waals surface area contributed by atoms with Crippen LogP contribution in [0.5, 0.6) is 0 Å². The molecular weight excluding hydrogens is 304 g/mol. The van der Waals surface area contributed by atoms with Crippen LogP contribution in [0.25, 0.3) is 22.4 Å². The maximum atomic E-state index is 12.4. The summed E-state index contributed by atoms with van der Waals surface area (Å²) in [5, 5.41) is 0.812. The molecule has 4 heteroatoms. The second-order valence-electron chi connectivity index (χ2n) is 5.92. The van der Waals surface area contributed by atoms with Crippen LogP contribution in [0.1, 0.15) is 40.7 Å². The number of aromatic nitrogens is 2. The fraction of sp³-hybridized carbons (Fsp3) is 0.263. The number of hydrogen-bond donors (Lipinski definition) is 1. The van der Waals surface area contributed by atoms with Crippen molar-refractivity contribution in [1.82, 2.24) is 9.97 Å². The van der Waals surface area contributed by atoms with Gasteiger partial charge in [0.1, 0.15) is 10.7 Å². The van der Waals surface area contributed by atoms with Crippen molar-refractivity contribution in [3.8, 4) is 0 Å². The molecule has 3 nitrogen and oxygen atoms in total. The van der Waals surface area contributed by atoms with Crippen LogP contribution in [0.2, 0.25) is 0 Å². The second-order valence-corrected chi connectivity index (χ2v) is 7.00. The molecule has 0 fully saturated rings. The third kappa shape index (κ3) is 2.63. The topological polar surface area (TPSA) is 45.8 Å². The molecule has 1 aliphatic carbocycles. The number of fused-ring (bicyclic) bond motifs is 3. The van der Waals surface area contributed by atoms with Gasteiger partial charge in [-0.1, -0.05) is 37.3 Å². The molecule has 0 radical (unpaired) electrons. The van der Waals surface area contributed by atoms with Gasteiger partial charge < -0.3 is 4.98 Å². The predicted octanol–water partition coefficient (Wildman–Crippen LogP) is 4.21. The van der Waals surface area contributed by atoms with Gasteiger partial charge in [-0.3, -0.25) is 4.79 Å². The minimum Gasteiger partial charge on any atom is -0.306 e. The van der Waals surface area contributed by atoms with Crippen LogP contribution in [0, 0.1) is 0 Å². The molecule has 2 heterocycles. The summed E-state index contributed by atoms with van der Waals surface area (Å²) in [5.74, 6) is 0.627. The summed E-state index contributed by atoms with van der Waals surface area (Å²) < 4.78 is 0. The minimum atomic E-state index is -0.00428. The summed E-state index contributed by atoms with van der Waals surface area (Å²) in [4.78, 5) is 22.1. The Morgan fingerprint density at radius 3 is 2.83 bits per heavy atom. The molecule has 0 amide bonds. The van der Waals surface area contributed by atoms with E-state index in [1.54, 1.807) is 11.3 Å². The average Bonchev–Trinajstić information content (AvgIpc) is 3.13. The zero-order valence-electron chi connectivity index (χ0n) is 13.1. The van der Waals surface area contributed by atoms with Gasteiger partial charge in [0.05, 0.1) is 5.39 Å². The van der Waals surface area contributed by atoms with Crippen molar-refractivity contribution in [3.05, 3.63) is 62.0 Å². The van der Waals surface area contributed by atoms with Gasteiger partial charge in [0, 0.05) is 4.88 Å². The quantitative estimate of drug-likeness (QED) is 0.785. The second kappa shape index (κ2) is 5.78. The van der Waals surface area contributed by atoms with Crippen molar-refractivity contribution in [2.45, 2.75) is 32.6 Å². The van der Waals surface area contributed by atoms with Crippen LogP contribution < -0.4 is 5.56 Å². The molecule has 0 bridgehead atoms. The summed E-state index contributed by atoms with van der Waals surface area (Å²) in [6.07, 6.45) is 8.17. The van der Waals surface area contributed by atoms with Crippen LogP contribution in [-0.4, -0.2) is 9.97 Å². The largest absolute Gasteiger partial charge is 0.306 e. The Balaban J connectivity index is 1.69. The van der Waals surface area contributed by atoms with Crippen LogP contribution in [0.3, 0.4) is 0 Å². The highest BCUT2D eigenvalue weighted by molar-refractivity contribution is 7.18. The van der Waals surface area contributed by atoms with Gasteiger partial charge >= 0.3 is 0 Å². The highest BCUT2D eigenvalue weighted by Crippen LogP contribution is 2.34. The monoisotopic (exact) mass is 322 g/mol. The number of aryl methyl sites for hydroxylation is 3. The van der Waals surface area contributed by atoms with Crippen molar-refractivity contribution >= 4 is 33.7 Å². The van der Waals surface area contributed by atoms with E-state index in [0.29, 0.717) is 5.82 Å². The van der Waals surface area contributed by atoms with E-state index in [0.717, 1.165) is 41.5 Å². The van der Waals surface area contributed by atoms with Crippen LogP contribution in [0.4, 0.5) is 0 Å². The molecule has 0 saturated heterocycles. The lowest BCUT2D eigenvalue weighted by atomic mass is 10.1.